The molecule has 14 heteroatoms. The Morgan fingerprint density at radius 1 is 1.00 bits per heavy atom. The highest BCUT2D eigenvalue weighted by atomic mass is 35.5. The summed E-state index contributed by atoms with van der Waals surface area (Å²) >= 11 is 16.9. The highest BCUT2D eigenvalue weighted by Gasteiger charge is 2.27. The number of hydrogen-bond acceptors (Lipinski definition) is 8. The third-order valence-electron chi connectivity index (χ3n) is 3.84. The van der Waals surface area contributed by atoms with E-state index in [0.717, 1.165) is 24.3 Å². The van der Waals surface area contributed by atoms with Crippen LogP contribution in [0.1, 0.15) is 5.56 Å². The van der Waals surface area contributed by atoms with E-state index >= 15 is 0 Å². The number of carbonyl (C=O) groups is 2. The van der Waals surface area contributed by atoms with Crippen molar-refractivity contribution in [2.45, 2.75) is 0 Å². The van der Waals surface area contributed by atoms with Crippen LogP contribution in [0.15, 0.2) is 35.9 Å². The van der Waals surface area contributed by atoms with Gasteiger partial charge in [-0.15, -0.1) is 0 Å². The number of carbonyl (C=O) groups excluding carboxylic acids is 2. The first-order valence-corrected chi connectivity index (χ1v) is 9.21. The lowest BCUT2D eigenvalue weighted by molar-refractivity contribution is -0.394. The first-order chi connectivity index (χ1) is 14.6. The number of nitrogens with one attached hydrogen (secondary N) is 2. The highest BCUT2D eigenvalue weighted by molar-refractivity contribution is 7.80. The number of hydrogen-bond donors (Lipinski definition) is 2. The molecular weight excluding hydrogens is 475 g/mol. The molecule has 1 saturated heterocycles. The normalized spacial score (nSPS) is 13.4. The van der Waals surface area contributed by atoms with Crippen LogP contribution in [0, 0.1) is 20.2 Å². The molecule has 1 aliphatic rings. The van der Waals surface area contributed by atoms with E-state index in [-0.39, 0.29) is 37.8 Å². The topological polar surface area (TPSA) is 154 Å². The predicted molar refractivity (Wildman–Crippen MR) is 113 cm³/mol. The fraction of sp³-hybridized carbons (Fsp3) is 0. The van der Waals surface area contributed by atoms with Crippen molar-refractivity contribution >= 4 is 69.8 Å². The number of rotatable bonds is 5. The summed E-state index contributed by atoms with van der Waals surface area (Å²) in [5, 5.41) is 26.6. The fourth-order valence-corrected chi connectivity index (χ4v) is 3.25. The van der Waals surface area contributed by atoms with Gasteiger partial charge in [0.25, 0.3) is 17.5 Å². The molecule has 2 N–H and O–H groups in total. The smallest absolute Gasteiger partial charge is 0.318 e. The van der Waals surface area contributed by atoms with Crippen molar-refractivity contribution < 1.29 is 24.2 Å². The van der Waals surface area contributed by atoms with E-state index in [1.807, 2.05) is 0 Å². The van der Waals surface area contributed by atoms with E-state index in [1.54, 1.807) is 0 Å². The summed E-state index contributed by atoms with van der Waals surface area (Å²) in [6.07, 6.45) is 1.11. The maximum atomic E-state index is 12.1. The van der Waals surface area contributed by atoms with Gasteiger partial charge in [-0.1, -0.05) is 23.2 Å². The first-order valence-electron chi connectivity index (χ1n) is 8.05. The largest absolute Gasteiger partial charge is 0.448 e. The number of halogens is 2. The van der Waals surface area contributed by atoms with E-state index in [0.29, 0.717) is 0 Å². The zero-order valence-corrected chi connectivity index (χ0v) is 17.2. The number of nitro groups is 2. The van der Waals surface area contributed by atoms with Gasteiger partial charge in [0.1, 0.15) is 5.57 Å². The molecule has 11 nitrogen and oxygen atoms in total. The van der Waals surface area contributed by atoms with Crippen LogP contribution in [0.5, 0.6) is 11.5 Å². The molecule has 3 rings (SSSR count). The SMILES string of the molecule is O=C1NC(=S)NC(=O)C1=Cc1cc(Cl)cc(Cl)c1Oc1ccc([N+](=O)[O-])cc1[N+](=O)[O-]. The Kier molecular flexibility index (Phi) is 6.15. The van der Waals surface area contributed by atoms with Gasteiger partial charge in [0, 0.05) is 16.7 Å². The van der Waals surface area contributed by atoms with Crippen LogP contribution in [0.2, 0.25) is 10.0 Å². The molecule has 2 aromatic rings. The number of benzene rings is 2. The van der Waals surface area contributed by atoms with Crippen molar-refractivity contribution in [3.05, 3.63) is 71.7 Å². The average molecular weight is 483 g/mol. The molecule has 0 radical (unpaired) electrons. The average Bonchev–Trinajstić information content (AvgIpc) is 2.66. The van der Waals surface area contributed by atoms with Crippen LogP contribution < -0.4 is 15.4 Å². The van der Waals surface area contributed by atoms with Gasteiger partial charge in [0.15, 0.2) is 10.9 Å². The summed E-state index contributed by atoms with van der Waals surface area (Å²) in [5.74, 6) is -2.13. The van der Waals surface area contributed by atoms with Crippen molar-refractivity contribution in [3.63, 3.8) is 0 Å². The Morgan fingerprint density at radius 2 is 1.65 bits per heavy atom. The molecule has 0 atom stereocenters. The van der Waals surface area contributed by atoms with Gasteiger partial charge in [-0.3, -0.25) is 40.5 Å². The Hall–Kier alpha value is -3.61. The van der Waals surface area contributed by atoms with Crippen molar-refractivity contribution in [3.8, 4) is 11.5 Å². The quantitative estimate of drug-likeness (QED) is 0.215. The standard InChI is InChI=1S/C17H8Cl2N4O7S/c18-8-3-7(4-10-15(24)20-17(31)21-16(10)25)14(11(19)5-8)30-13-2-1-9(22(26)27)6-12(13)23(28)29/h1-6H,(H2,20,21,24,25,31). The Morgan fingerprint density at radius 3 is 2.23 bits per heavy atom. The minimum absolute atomic E-state index is 0.0401. The Balaban J connectivity index is 2.12. The summed E-state index contributed by atoms with van der Waals surface area (Å²) in [5.41, 5.74) is -1.53. The lowest BCUT2D eigenvalue weighted by atomic mass is 10.1. The summed E-state index contributed by atoms with van der Waals surface area (Å²) in [7, 11) is 0. The number of amides is 2. The minimum atomic E-state index is -0.868. The summed E-state index contributed by atoms with van der Waals surface area (Å²) < 4.78 is 5.57. The lowest BCUT2D eigenvalue weighted by Gasteiger charge is -2.17. The molecule has 2 amide bonds. The third kappa shape index (κ3) is 4.77. The maximum absolute atomic E-state index is 12.1. The molecule has 2 aromatic carbocycles. The molecule has 0 saturated carbocycles. The van der Waals surface area contributed by atoms with Crippen LogP contribution in [0.3, 0.4) is 0 Å². The molecule has 1 aliphatic heterocycles. The molecule has 1 fully saturated rings. The lowest BCUT2D eigenvalue weighted by Crippen LogP contribution is -2.51. The van der Waals surface area contributed by atoms with Crippen molar-refractivity contribution in [1.29, 1.82) is 0 Å². The summed E-state index contributed by atoms with van der Waals surface area (Å²) in [4.78, 5) is 44.8. The molecule has 0 bridgehead atoms. The zero-order valence-electron chi connectivity index (χ0n) is 14.9. The third-order valence-corrected chi connectivity index (χ3v) is 4.55. The second kappa shape index (κ2) is 8.63. The van der Waals surface area contributed by atoms with Gasteiger partial charge < -0.3 is 4.74 Å². The van der Waals surface area contributed by atoms with Crippen LogP contribution in [-0.2, 0) is 9.59 Å². The highest BCUT2D eigenvalue weighted by Crippen LogP contribution is 2.41. The van der Waals surface area contributed by atoms with Gasteiger partial charge >= 0.3 is 5.69 Å². The van der Waals surface area contributed by atoms with Crippen molar-refractivity contribution in [1.82, 2.24) is 10.6 Å². The molecule has 0 spiro atoms. The molecule has 0 unspecified atom stereocenters. The maximum Gasteiger partial charge on any atom is 0.318 e. The van der Waals surface area contributed by atoms with Gasteiger partial charge in [-0.05, 0) is 36.5 Å². The summed E-state index contributed by atoms with van der Waals surface area (Å²) in [6, 6.07) is 5.33. The summed E-state index contributed by atoms with van der Waals surface area (Å²) in [6.45, 7) is 0. The van der Waals surface area contributed by atoms with Gasteiger partial charge in [-0.2, -0.15) is 0 Å². The monoisotopic (exact) mass is 482 g/mol. The molecule has 1 heterocycles. The van der Waals surface area contributed by atoms with E-state index in [2.05, 4.69) is 10.6 Å². The Labute approximate surface area is 187 Å². The molecular formula is C17H8Cl2N4O7S. The Bertz CT molecular complexity index is 1190. The van der Waals surface area contributed by atoms with E-state index in [9.17, 15) is 29.8 Å². The van der Waals surface area contributed by atoms with Crippen LogP contribution >= 0.6 is 35.4 Å². The van der Waals surface area contributed by atoms with Gasteiger partial charge in [0.2, 0.25) is 5.75 Å². The number of nitrogens with zero attached hydrogens (tertiary/aromatic N) is 2. The number of ether oxygens (including phenoxy) is 1. The van der Waals surface area contributed by atoms with E-state index in [1.165, 1.54) is 12.1 Å². The van der Waals surface area contributed by atoms with Gasteiger partial charge in [0.05, 0.1) is 20.9 Å². The van der Waals surface area contributed by atoms with Crippen molar-refractivity contribution in [2.75, 3.05) is 0 Å². The molecule has 0 aromatic heterocycles. The zero-order chi connectivity index (χ0) is 22.9. The number of nitro benzene ring substituents is 2. The predicted octanol–water partition coefficient (Wildman–Crippen LogP) is 3.52. The number of thiocarbonyl (C=S) groups is 1. The van der Waals surface area contributed by atoms with Crippen molar-refractivity contribution in [2.24, 2.45) is 0 Å². The minimum Gasteiger partial charge on any atom is -0.448 e. The second-order valence-corrected chi connectivity index (χ2v) is 7.12. The first kappa shape index (κ1) is 22.1. The molecule has 158 valence electrons. The van der Waals surface area contributed by atoms with Crippen LogP contribution in [-0.4, -0.2) is 26.8 Å². The van der Waals surface area contributed by atoms with E-state index < -0.39 is 33.0 Å². The van der Waals surface area contributed by atoms with E-state index in [4.69, 9.17) is 40.2 Å². The van der Waals surface area contributed by atoms with Gasteiger partial charge in [-0.25, -0.2) is 0 Å². The van der Waals surface area contributed by atoms with Crippen LogP contribution in [0.4, 0.5) is 11.4 Å². The second-order valence-electron chi connectivity index (χ2n) is 5.87. The fourth-order valence-electron chi connectivity index (χ4n) is 2.52. The molecule has 31 heavy (non-hydrogen) atoms. The molecule has 0 aliphatic carbocycles. The van der Waals surface area contributed by atoms with Crippen LogP contribution in [0.25, 0.3) is 6.08 Å². The number of non-ortho nitro benzene ring substituents is 1.